The van der Waals surface area contributed by atoms with Crippen molar-refractivity contribution in [3.8, 4) is 11.5 Å². The van der Waals surface area contributed by atoms with E-state index in [1.807, 2.05) is 50.2 Å². The predicted molar refractivity (Wildman–Crippen MR) is 94.0 cm³/mol. The molecule has 0 saturated carbocycles. The van der Waals surface area contributed by atoms with Crippen molar-refractivity contribution in [1.29, 1.82) is 0 Å². The Balaban J connectivity index is 1.69. The Hall–Kier alpha value is -3.02. The third-order valence-electron chi connectivity index (χ3n) is 3.62. The fourth-order valence-corrected chi connectivity index (χ4v) is 2.42. The maximum atomic E-state index is 12.3. The first-order valence-corrected chi connectivity index (χ1v) is 8.09. The predicted octanol–water partition coefficient (Wildman–Crippen LogP) is 3.05. The number of rotatable bonds is 4. The van der Waals surface area contributed by atoms with Gasteiger partial charge in [-0.15, -0.1) is 0 Å². The summed E-state index contributed by atoms with van der Waals surface area (Å²) in [6.45, 7) is 4.79. The third kappa shape index (κ3) is 4.29. The van der Waals surface area contributed by atoms with E-state index in [1.54, 1.807) is 6.07 Å². The lowest BCUT2D eigenvalue weighted by molar-refractivity contribution is 0.0966. The molecule has 1 N–H and O–H groups in total. The van der Waals surface area contributed by atoms with Crippen LogP contribution >= 0.6 is 0 Å². The molecule has 1 aliphatic rings. The first-order chi connectivity index (χ1) is 12.2. The van der Waals surface area contributed by atoms with Crippen molar-refractivity contribution in [3.05, 3.63) is 59.2 Å². The second-order valence-corrected chi connectivity index (χ2v) is 5.57. The lowest BCUT2D eigenvalue weighted by Gasteiger charge is -2.10. The van der Waals surface area contributed by atoms with Gasteiger partial charge in [-0.3, -0.25) is 10.1 Å². The zero-order valence-electron chi connectivity index (χ0n) is 14.2. The molecule has 0 aliphatic carbocycles. The van der Waals surface area contributed by atoms with Crippen molar-refractivity contribution < 1.29 is 19.0 Å². The summed E-state index contributed by atoms with van der Waals surface area (Å²) in [5, 5.41) is 2.72. The highest BCUT2D eigenvalue weighted by Gasteiger charge is 2.14. The maximum absolute atomic E-state index is 12.3. The maximum Gasteiger partial charge on any atom is 0.292 e. The molecule has 2 aromatic carbocycles. The van der Waals surface area contributed by atoms with E-state index >= 15 is 0 Å². The van der Waals surface area contributed by atoms with Crippen LogP contribution in [-0.4, -0.2) is 25.3 Å². The molecule has 0 fully saturated rings. The van der Waals surface area contributed by atoms with Crippen molar-refractivity contribution in [1.82, 2.24) is 5.32 Å². The summed E-state index contributed by atoms with van der Waals surface area (Å²) in [5.41, 5.74) is 2.52. The molecule has 0 unspecified atom stereocenters. The molecule has 1 aliphatic heterocycles. The number of aryl methyl sites for hydroxylation is 1. The van der Waals surface area contributed by atoms with E-state index in [0.717, 1.165) is 16.9 Å². The molecule has 1 amide bonds. The largest absolute Gasteiger partial charge is 0.465 e. The van der Waals surface area contributed by atoms with Crippen molar-refractivity contribution >= 4 is 11.9 Å². The molecule has 0 saturated heterocycles. The Labute approximate surface area is 146 Å². The number of nitrogens with one attached hydrogen (secondary N) is 1. The fourth-order valence-electron chi connectivity index (χ4n) is 2.42. The first kappa shape index (κ1) is 16.8. The van der Waals surface area contributed by atoms with E-state index in [-0.39, 0.29) is 18.7 Å². The molecular weight excluding hydrogens is 320 g/mol. The molecule has 130 valence electrons. The second kappa shape index (κ2) is 7.70. The topological polar surface area (TPSA) is 69.2 Å². The molecule has 0 spiro atoms. The van der Waals surface area contributed by atoms with Gasteiger partial charge in [-0.2, -0.15) is 0 Å². The number of ether oxygens (including phenoxy) is 3. The van der Waals surface area contributed by atoms with Crippen LogP contribution in [0.25, 0.3) is 0 Å². The summed E-state index contributed by atoms with van der Waals surface area (Å²) >= 11 is 0. The van der Waals surface area contributed by atoms with Gasteiger partial charge < -0.3 is 14.2 Å². The van der Waals surface area contributed by atoms with Crippen LogP contribution < -0.4 is 14.8 Å². The molecule has 3 rings (SSSR count). The van der Waals surface area contributed by atoms with Gasteiger partial charge in [-0.1, -0.05) is 23.8 Å². The number of amides is 1. The van der Waals surface area contributed by atoms with Gasteiger partial charge in [0, 0.05) is 5.56 Å². The average molecular weight is 340 g/mol. The van der Waals surface area contributed by atoms with Gasteiger partial charge in [0.2, 0.25) is 6.79 Å². The first-order valence-electron chi connectivity index (χ1n) is 8.09. The van der Waals surface area contributed by atoms with Crippen LogP contribution in [0.15, 0.2) is 47.5 Å². The zero-order valence-corrected chi connectivity index (χ0v) is 14.2. The lowest BCUT2D eigenvalue weighted by Crippen LogP contribution is -2.32. The number of aliphatic imine (C=N–C) groups is 1. The second-order valence-electron chi connectivity index (χ2n) is 5.57. The minimum atomic E-state index is -0.249. The Morgan fingerprint density at radius 3 is 2.84 bits per heavy atom. The van der Waals surface area contributed by atoms with Crippen molar-refractivity contribution in [3.63, 3.8) is 0 Å². The van der Waals surface area contributed by atoms with Crippen molar-refractivity contribution in [2.45, 2.75) is 20.4 Å². The van der Waals surface area contributed by atoms with Gasteiger partial charge in [-0.25, -0.2) is 4.99 Å². The summed E-state index contributed by atoms with van der Waals surface area (Å²) in [7, 11) is 0. The van der Waals surface area contributed by atoms with Crippen LogP contribution in [0, 0.1) is 6.92 Å². The van der Waals surface area contributed by atoms with Gasteiger partial charge in [-0.05, 0) is 43.7 Å². The third-order valence-corrected chi connectivity index (χ3v) is 3.62. The zero-order chi connectivity index (χ0) is 17.6. The SMILES string of the molecule is CCOC(=NCc1ccc2c(c1)OCO2)NC(=O)c1cccc(C)c1. The molecule has 1 heterocycles. The van der Waals surface area contributed by atoms with Crippen LogP contribution in [0.1, 0.15) is 28.4 Å². The Morgan fingerprint density at radius 1 is 1.20 bits per heavy atom. The minimum absolute atomic E-state index is 0.201. The number of nitrogens with zero attached hydrogens (tertiary/aromatic N) is 1. The van der Waals surface area contributed by atoms with Crippen molar-refractivity contribution in [2.75, 3.05) is 13.4 Å². The average Bonchev–Trinajstić information content (AvgIpc) is 3.07. The van der Waals surface area contributed by atoms with E-state index in [4.69, 9.17) is 14.2 Å². The highest BCUT2D eigenvalue weighted by molar-refractivity contribution is 6.04. The van der Waals surface area contributed by atoms with Gasteiger partial charge >= 0.3 is 0 Å². The van der Waals surface area contributed by atoms with Gasteiger partial charge in [0.05, 0.1) is 13.2 Å². The molecule has 25 heavy (non-hydrogen) atoms. The molecule has 0 aromatic heterocycles. The van der Waals surface area contributed by atoms with E-state index in [0.29, 0.717) is 24.5 Å². The molecule has 6 heteroatoms. The quantitative estimate of drug-likeness (QED) is 0.686. The molecular formula is C19H20N2O4. The van der Waals surface area contributed by atoms with Gasteiger partial charge in [0.1, 0.15) is 0 Å². The standard InChI is InChI=1S/C19H20N2O4/c1-3-23-19(21-18(22)15-6-4-5-13(2)9-15)20-11-14-7-8-16-17(10-14)25-12-24-16/h4-10H,3,11-12H2,1-2H3,(H,20,21,22). The summed E-state index contributed by atoms with van der Waals surface area (Å²) < 4.78 is 16.1. The number of fused-ring (bicyclic) bond motifs is 1. The Kier molecular flexibility index (Phi) is 5.18. The summed E-state index contributed by atoms with van der Waals surface area (Å²) in [6, 6.07) is 13.2. The summed E-state index contributed by atoms with van der Waals surface area (Å²) in [4.78, 5) is 16.7. The fraction of sp³-hybridized carbons (Fsp3) is 0.263. The normalized spacial score (nSPS) is 12.8. The minimum Gasteiger partial charge on any atom is -0.465 e. The number of hydrogen-bond acceptors (Lipinski definition) is 5. The summed E-state index contributed by atoms with van der Waals surface area (Å²) in [6.07, 6.45) is 0. The Bertz CT molecular complexity index is 802. The molecule has 2 aromatic rings. The van der Waals surface area contributed by atoms with E-state index in [9.17, 15) is 4.79 Å². The molecule has 6 nitrogen and oxygen atoms in total. The van der Waals surface area contributed by atoms with Crippen LogP contribution in [0.3, 0.4) is 0 Å². The van der Waals surface area contributed by atoms with Crippen LogP contribution in [0.4, 0.5) is 0 Å². The highest BCUT2D eigenvalue weighted by atomic mass is 16.7. The monoisotopic (exact) mass is 340 g/mol. The van der Waals surface area contributed by atoms with E-state index in [1.165, 1.54) is 0 Å². The number of carbonyl (C=O) groups is 1. The number of hydrogen-bond donors (Lipinski definition) is 1. The molecule has 0 bridgehead atoms. The smallest absolute Gasteiger partial charge is 0.292 e. The van der Waals surface area contributed by atoms with Crippen LogP contribution in [0.5, 0.6) is 11.5 Å². The van der Waals surface area contributed by atoms with Gasteiger partial charge in [0.25, 0.3) is 11.9 Å². The number of carbonyl (C=O) groups excluding carboxylic acids is 1. The number of benzene rings is 2. The Morgan fingerprint density at radius 2 is 2.04 bits per heavy atom. The molecule has 0 radical (unpaired) electrons. The van der Waals surface area contributed by atoms with E-state index in [2.05, 4.69) is 10.3 Å². The molecule has 0 atom stereocenters. The lowest BCUT2D eigenvalue weighted by atomic mass is 10.1. The van der Waals surface area contributed by atoms with Crippen molar-refractivity contribution in [2.24, 2.45) is 4.99 Å². The van der Waals surface area contributed by atoms with E-state index < -0.39 is 0 Å². The van der Waals surface area contributed by atoms with Crippen LogP contribution in [-0.2, 0) is 11.3 Å². The number of amidine groups is 1. The highest BCUT2D eigenvalue weighted by Crippen LogP contribution is 2.32. The van der Waals surface area contributed by atoms with Crippen LogP contribution in [0.2, 0.25) is 0 Å². The van der Waals surface area contributed by atoms with Gasteiger partial charge in [0.15, 0.2) is 11.5 Å². The summed E-state index contributed by atoms with van der Waals surface area (Å²) in [5.74, 6) is 1.18.